The standard InChI is InChI=1S/C10H17NO3S2/c1-2-3-7-11-16(13,14)10-5-4-9(15-10)6-8-12/h4-5,11-12H,2-3,6-8H2,1H3. The van der Waals surface area contributed by atoms with Crippen LogP contribution in [-0.4, -0.2) is 26.7 Å². The summed E-state index contributed by atoms with van der Waals surface area (Å²) < 4.78 is 26.4. The Bertz CT molecular complexity index is 411. The molecule has 1 aromatic rings. The molecule has 0 aliphatic carbocycles. The topological polar surface area (TPSA) is 66.4 Å². The Morgan fingerprint density at radius 3 is 2.81 bits per heavy atom. The summed E-state index contributed by atoms with van der Waals surface area (Å²) in [4.78, 5) is 0.887. The smallest absolute Gasteiger partial charge is 0.250 e. The number of unbranched alkanes of at least 4 members (excludes halogenated alkanes) is 1. The van der Waals surface area contributed by atoms with Gasteiger partial charge in [0.2, 0.25) is 10.0 Å². The van der Waals surface area contributed by atoms with Gasteiger partial charge in [-0.2, -0.15) is 0 Å². The molecule has 0 saturated carbocycles. The summed E-state index contributed by atoms with van der Waals surface area (Å²) >= 11 is 1.21. The number of aliphatic hydroxyl groups excluding tert-OH is 1. The Morgan fingerprint density at radius 1 is 1.44 bits per heavy atom. The minimum atomic E-state index is -3.34. The van der Waals surface area contributed by atoms with Crippen molar-refractivity contribution in [2.45, 2.75) is 30.4 Å². The Kier molecular flexibility index (Phi) is 5.40. The lowest BCUT2D eigenvalue weighted by atomic mass is 10.3. The first-order valence-electron chi connectivity index (χ1n) is 5.29. The minimum absolute atomic E-state index is 0.0449. The average molecular weight is 263 g/mol. The molecule has 0 saturated heterocycles. The second kappa shape index (κ2) is 6.34. The molecule has 6 heteroatoms. The van der Waals surface area contributed by atoms with Crippen LogP contribution < -0.4 is 4.72 Å². The molecule has 1 rings (SSSR count). The van der Waals surface area contributed by atoms with E-state index < -0.39 is 10.0 Å². The van der Waals surface area contributed by atoms with Gasteiger partial charge in [0.15, 0.2) is 0 Å². The van der Waals surface area contributed by atoms with Gasteiger partial charge >= 0.3 is 0 Å². The SMILES string of the molecule is CCCCNS(=O)(=O)c1ccc(CCO)s1. The highest BCUT2D eigenvalue weighted by Gasteiger charge is 2.15. The highest BCUT2D eigenvalue weighted by atomic mass is 32.2. The van der Waals surface area contributed by atoms with E-state index in [2.05, 4.69) is 4.72 Å². The lowest BCUT2D eigenvalue weighted by Crippen LogP contribution is -2.23. The third kappa shape index (κ3) is 3.86. The van der Waals surface area contributed by atoms with Crippen LogP contribution in [0.1, 0.15) is 24.6 Å². The number of hydrogen-bond donors (Lipinski definition) is 2. The first-order chi connectivity index (χ1) is 7.60. The maximum absolute atomic E-state index is 11.8. The molecular formula is C10H17NO3S2. The summed E-state index contributed by atoms with van der Waals surface area (Å²) in [5.41, 5.74) is 0. The largest absolute Gasteiger partial charge is 0.396 e. The van der Waals surface area contributed by atoms with Crippen molar-refractivity contribution in [3.8, 4) is 0 Å². The zero-order valence-electron chi connectivity index (χ0n) is 9.27. The van der Waals surface area contributed by atoms with Crippen molar-refractivity contribution >= 4 is 21.4 Å². The van der Waals surface area contributed by atoms with Crippen molar-refractivity contribution in [3.05, 3.63) is 17.0 Å². The number of hydrogen-bond acceptors (Lipinski definition) is 4. The summed E-state index contributed by atoms with van der Waals surface area (Å²) in [5.74, 6) is 0. The van der Waals surface area contributed by atoms with Gasteiger partial charge in [0.25, 0.3) is 0 Å². The van der Waals surface area contributed by atoms with Gasteiger partial charge in [0.1, 0.15) is 4.21 Å². The van der Waals surface area contributed by atoms with Crippen molar-refractivity contribution in [2.75, 3.05) is 13.2 Å². The monoisotopic (exact) mass is 263 g/mol. The molecule has 0 aromatic carbocycles. The highest BCUT2D eigenvalue weighted by molar-refractivity contribution is 7.91. The summed E-state index contributed by atoms with van der Waals surface area (Å²) in [7, 11) is -3.34. The molecule has 0 unspecified atom stereocenters. The summed E-state index contributed by atoms with van der Waals surface area (Å²) in [6.45, 7) is 2.54. The first-order valence-corrected chi connectivity index (χ1v) is 7.59. The normalized spacial score (nSPS) is 11.9. The second-order valence-electron chi connectivity index (χ2n) is 3.45. The number of thiophene rings is 1. The van der Waals surface area contributed by atoms with E-state index in [4.69, 9.17) is 5.11 Å². The van der Waals surface area contributed by atoms with Crippen molar-refractivity contribution in [3.63, 3.8) is 0 Å². The zero-order chi connectivity index (χ0) is 12.0. The average Bonchev–Trinajstić information content (AvgIpc) is 2.68. The molecule has 0 fully saturated rings. The summed E-state index contributed by atoms with van der Waals surface area (Å²) in [6.07, 6.45) is 2.31. The van der Waals surface area contributed by atoms with Gasteiger partial charge in [0, 0.05) is 24.4 Å². The summed E-state index contributed by atoms with van der Waals surface area (Å²) in [5, 5.41) is 8.75. The molecule has 0 aliphatic rings. The van der Waals surface area contributed by atoms with Crippen LogP contribution in [0.2, 0.25) is 0 Å². The van der Waals surface area contributed by atoms with Crippen LogP contribution >= 0.6 is 11.3 Å². The van der Waals surface area contributed by atoms with E-state index in [1.165, 1.54) is 11.3 Å². The molecule has 2 N–H and O–H groups in total. The Balaban J connectivity index is 2.66. The molecule has 0 atom stereocenters. The molecule has 92 valence electrons. The fourth-order valence-corrected chi connectivity index (χ4v) is 3.66. The molecule has 0 spiro atoms. The maximum atomic E-state index is 11.8. The van der Waals surface area contributed by atoms with Gasteiger partial charge in [0.05, 0.1) is 0 Å². The van der Waals surface area contributed by atoms with E-state index in [0.29, 0.717) is 17.2 Å². The predicted molar refractivity (Wildman–Crippen MR) is 65.2 cm³/mol. The number of sulfonamides is 1. The van der Waals surface area contributed by atoms with Crippen LogP contribution in [0.4, 0.5) is 0 Å². The number of aliphatic hydroxyl groups is 1. The molecule has 0 bridgehead atoms. The van der Waals surface area contributed by atoms with Crippen molar-refractivity contribution in [1.29, 1.82) is 0 Å². The highest BCUT2D eigenvalue weighted by Crippen LogP contribution is 2.21. The summed E-state index contributed by atoms with van der Waals surface area (Å²) in [6, 6.07) is 3.33. The third-order valence-electron chi connectivity index (χ3n) is 2.08. The van der Waals surface area contributed by atoms with Crippen LogP contribution in [0.5, 0.6) is 0 Å². The predicted octanol–water partition coefficient (Wildman–Crippen LogP) is 1.36. The van der Waals surface area contributed by atoms with Gasteiger partial charge in [-0.3, -0.25) is 0 Å². The maximum Gasteiger partial charge on any atom is 0.250 e. The molecule has 4 nitrogen and oxygen atoms in total. The molecule has 0 aliphatic heterocycles. The molecule has 0 amide bonds. The third-order valence-corrected chi connectivity index (χ3v) is 5.18. The molecule has 16 heavy (non-hydrogen) atoms. The zero-order valence-corrected chi connectivity index (χ0v) is 10.9. The first kappa shape index (κ1) is 13.6. The van der Waals surface area contributed by atoms with Crippen LogP contribution in [0.15, 0.2) is 16.3 Å². The van der Waals surface area contributed by atoms with E-state index in [-0.39, 0.29) is 6.61 Å². The van der Waals surface area contributed by atoms with Crippen LogP contribution in [-0.2, 0) is 16.4 Å². The molecule has 1 aromatic heterocycles. The Morgan fingerprint density at radius 2 is 2.19 bits per heavy atom. The minimum Gasteiger partial charge on any atom is -0.396 e. The van der Waals surface area contributed by atoms with Gasteiger partial charge in [-0.1, -0.05) is 13.3 Å². The fraction of sp³-hybridized carbons (Fsp3) is 0.600. The molecule has 1 heterocycles. The van der Waals surface area contributed by atoms with Crippen LogP contribution in [0.25, 0.3) is 0 Å². The molecular weight excluding hydrogens is 246 g/mol. The Hall–Kier alpha value is -0.430. The van der Waals surface area contributed by atoms with E-state index in [9.17, 15) is 8.42 Å². The second-order valence-corrected chi connectivity index (χ2v) is 6.61. The van der Waals surface area contributed by atoms with Gasteiger partial charge in [-0.25, -0.2) is 13.1 Å². The number of nitrogens with one attached hydrogen (secondary N) is 1. The van der Waals surface area contributed by atoms with E-state index in [1.807, 2.05) is 6.92 Å². The number of rotatable bonds is 7. The quantitative estimate of drug-likeness (QED) is 0.730. The van der Waals surface area contributed by atoms with Crippen LogP contribution in [0.3, 0.4) is 0 Å². The van der Waals surface area contributed by atoms with Crippen molar-refractivity contribution in [1.82, 2.24) is 4.72 Å². The lowest BCUT2D eigenvalue weighted by Gasteiger charge is -2.02. The van der Waals surface area contributed by atoms with E-state index in [0.717, 1.165) is 17.7 Å². The molecule has 0 radical (unpaired) electrons. The lowest BCUT2D eigenvalue weighted by molar-refractivity contribution is 0.300. The van der Waals surface area contributed by atoms with Crippen LogP contribution in [0, 0.1) is 0 Å². The van der Waals surface area contributed by atoms with Gasteiger partial charge < -0.3 is 5.11 Å². The van der Waals surface area contributed by atoms with Gasteiger partial charge in [-0.15, -0.1) is 11.3 Å². The Labute approximate surface area is 100 Å². The van der Waals surface area contributed by atoms with E-state index in [1.54, 1.807) is 12.1 Å². The fourth-order valence-electron chi connectivity index (χ4n) is 1.20. The van der Waals surface area contributed by atoms with Crippen molar-refractivity contribution < 1.29 is 13.5 Å². The van der Waals surface area contributed by atoms with Gasteiger partial charge in [-0.05, 0) is 18.6 Å². The van der Waals surface area contributed by atoms with E-state index >= 15 is 0 Å². The van der Waals surface area contributed by atoms with Crippen molar-refractivity contribution in [2.24, 2.45) is 0 Å².